The van der Waals surface area contributed by atoms with E-state index in [9.17, 15) is 15.3 Å². The molecule has 0 amide bonds. The average molecular weight is 511 g/mol. The quantitative estimate of drug-likeness (QED) is 0.219. The van der Waals surface area contributed by atoms with E-state index in [2.05, 4.69) is 41.3 Å². The number of tetrazole rings is 2. The molecular formula is C25H22N10O3. The van der Waals surface area contributed by atoms with Gasteiger partial charge in [-0.1, -0.05) is 12.1 Å². The standard InChI is InChI=1S/C25H22N10O3/c1-15-28-30-32-34(15)26-13-17-3-9-23(37)21(11-17)25(19-5-7-20(36)8-6-19)22-12-18(4-10-24(22)38)14-27-35-16(2)29-31-33-35/h3-14,25,36-38H,1-2H3/b26-13-,27-14+. The maximum atomic E-state index is 10.9. The van der Waals surface area contributed by atoms with Crippen molar-refractivity contribution in [2.75, 3.05) is 0 Å². The number of benzene rings is 3. The molecule has 5 rings (SSSR count). The number of hydrogen-bond donors (Lipinski definition) is 3. The van der Waals surface area contributed by atoms with Gasteiger partial charge in [0.25, 0.3) is 0 Å². The maximum absolute atomic E-state index is 10.9. The van der Waals surface area contributed by atoms with E-state index in [1.165, 1.54) is 9.58 Å². The molecule has 1 unspecified atom stereocenters. The summed E-state index contributed by atoms with van der Waals surface area (Å²) in [6.07, 6.45) is 3.13. The van der Waals surface area contributed by atoms with Gasteiger partial charge in [0.1, 0.15) is 17.2 Å². The first-order valence-electron chi connectivity index (χ1n) is 11.4. The number of aromatic hydroxyl groups is 3. The van der Waals surface area contributed by atoms with Crippen molar-refractivity contribution in [3.8, 4) is 17.2 Å². The third-order valence-corrected chi connectivity index (χ3v) is 5.79. The number of phenolic OH excluding ortho intramolecular Hbond substituents is 3. The summed E-state index contributed by atoms with van der Waals surface area (Å²) in [7, 11) is 0. The number of aromatic nitrogens is 8. The molecule has 0 radical (unpaired) electrons. The molecule has 13 heteroatoms. The van der Waals surface area contributed by atoms with E-state index in [1.54, 1.807) is 86.9 Å². The summed E-state index contributed by atoms with van der Waals surface area (Å²) < 4.78 is 0. The van der Waals surface area contributed by atoms with E-state index in [0.29, 0.717) is 33.9 Å². The van der Waals surface area contributed by atoms with Crippen LogP contribution >= 0.6 is 0 Å². The van der Waals surface area contributed by atoms with Crippen molar-refractivity contribution in [3.63, 3.8) is 0 Å². The first-order valence-corrected chi connectivity index (χ1v) is 11.4. The van der Waals surface area contributed by atoms with Gasteiger partial charge in [0.05, 0.1) is 12.4 Å². The summed E-state index contributed by atoms with van der Waals surface area (Å²) in [5.41, 5.74) is 3.08. The molecule has 0 bridgehead atoms. The smallest absolute Gasteiger partial charge is 0.173 e. The Morgan fingerprint density at radius 2 is 1.16 bits per heavy atom. The Hall–Kier alpha value is -5.46. The zero-order valence-corrected chi connectivity index (χ0v) is 20.3. The highest BCUT2D eigenvalue weighted by molar-refractivity contribution is 5.82. The predicted octanol–water partition coefficient (Wildman–Crippen LogP) is 2.34. The molecule has 2 aromatic heterocycles. The summed E-state index contributed by atoms with van der Waals surface area (Å²) in [5.74, 6) is 0.548. The molecule has 0 saturated carbocycles. The van der Waals surface area contributed by atoms with Gasteiger partial charge in [-0.2, -0.15) is 10.2 Å². The van der Waals surface area contributed by atoms with Gasteiger partial charge < -0.3 is 15.3 Å². The molecule has 5 aromatic rings. The van der Waals surface area contributed by atoms with Crippen molar-refractivity contribution < 1.29 is 15.3 Å². The first-order chi connectivity index (χ1) is 18.4. The molecule has 0 aliphatic carbocycles. The van der Waals surface area contributed by atoms with Gasteiger partial charge in [-0.25, -0.2) is 0 Å². The summed E-state index contributed by atoms with van der Waals surface area (Å²) in [6.45, 7) is 3.44. The van der Waals surface area contributed by atoms with E-state index >= 15 is 0 Å². The van der Waals surface area contributed by atoms with Gasteiger partial charge in [0.2, 0.25) is 0 Å². The minimum Gasteiger partial charge on any atom is -0.508 e. The fourth-order valence-electron chi connectivity index (χ4n) is 3.87. The van der Waals surface area contributed by atoms with Crippen LogP contribution in [-0.2, 0) is 0 Å². The normalized spacial score (nSPS) is 12.5. The first kappa shape index (κ1) is 24.2. The molecule has 190 valence electrons. The molecule has 0 fully saturated rings. The summed E-state index contributed by atoms with van der Waals surface area (Å²) in [6, 6.07) is 16.6. The number of aryl methyl sites for hydroxylation is 2. The minimum atomic E-state index is -0.609. The Balaban J connectivity index is 1.60. The molecular weight excluding hydrogens is 488 g/mol. The van der Waals surface area contributed by atoms with E-state index in [4.69, 9.17) is 0 Å². The molecule has 3 aromatic carbocycles. The third kappa shape index (κ3) is 5.06. The van der Waals surface area contributed by atoms with Crippen LogP contribution < -0.4 is 0 Å². The van der Waals surface area contributed by atoms with Crippen LogP contribution in [0.5, 0.6) is 17.2 Å². The van der Waals surface area contributed by atoms with Crippen LogP contribution in [0.4, 0.5) is 0 Å². The third-order valence-electron chi connectivity index (χ3n) is 5.79. The van der Waals surface area contributed by atoms with E-state index < -0.39 is 5.92 Å². The van der Waals surface area contributed by atoms with Crippen molar-refractivity contribution in [1.82, 2.24) is 40.6 Å². The number of rotatable bonds is 7. The Morgan fingerprint density at radius 1 is 0.684 bits per heavy atom. The van der Waals surface area contributed by atoms with E-state index in [0.717, 1.165) is 5.56 Å². The Kier molecular flexibility index (Phi) is 6.55. The second-order valence-electron chi connectivity index (χ2n) is 8.38. The molecule has 3 N–H and O–H groups in total. The van der Waals surface area contributed by atoms with E-state index in [1.807, 2.05) is 0 Å². The number of hydrogen-bond acceptors (Lipinski definition) is 11. The molecule has 0 aliphatic heterocycles. The van der Waals surface area contributed by atoms with Gasteiger partial charge >= 0.3 is 0 Å². The molecule has 0 aliphatic rings. The van der Waals surface area contributed by atoms with Gasteiger partial charge in [-0.15, -0.1) is 19.8 Å². The van der Waals surface area contributed by atoms with Crippen molar-refractivity contribution in [1.29, 1.82) is 0 Å². The lowest BCUT2D eigenvalue weighted by molar-refractivity contribution is 0.458. The van der Waals surface area contributed by atoms with Crippen molar-refractivity contribution in [2.45, 2.75) is 19.8 Å². The largest absolute Gasteiger partial charge is 0.508 e. The van der Waals surface area contributed by atoms with Gasteiger partial charge in [0.15, 0.2) is 11.6 Å². The van der Waals surface area contributed by atoms with Crippen LogP contribution in [-0.4, -0.2) is 68.4 Å². The Morgan fingerprint density at radius 3 is 1.58 bits per heavy atom. The zero-order chi connectivity index (χ0) is 26.6. The highest BCUT2D eigenvalue weighted by Crippen LogP contribution is 2.41. The molecule has 1 atom stereocenters. The molecule has 2 heterocycles. The SMILES string of the molecule is Cc1nnnn1/N=C\c1ccc(O)c(C(c2ccc(O)cc2)c2cc(/C=N/n3nnnc3C)ccc2O)c1. The second kappa shape index (κ2) is 10.3. The minimum absolute atomic E-state index is 0.0154. The Labute approximate surface area is 216 Å². The second-order valence-corrected chi connectivity index (χ2v) is 8.38. The molecule has 38 heavy (non-hydrogen) atoms. The van der Waals surface area contributed by atoms with Gasteiger partial charge in [0, 0.05) is 17.0 Å². The summed E-state index contributed by atoms with van der Waals surface area (Å²) in [5, 5.41) is 62.6. The van der Waals surface area contributed by atoms with Crippen LogP contribution in [0.1, 0.15) is 45.4 Å². The van der Waals surface area contributed by atoms with Gasteiger partial charge in [-0.05, 0) is 99.9 Å². The summed E-state index contributed by atoms with van der Waals surface area (Å²) >= 11 is 0. The predicted molar refractivity (Wildman–Crippen MR) is 136 cm³/mol. The van der Waals surface area contributed by atoms with Crippen molar-refractivity contribution in [2.24, 2.45) is 10.2 Å². The topological polar surface area (TPSA) is 173 Å². The van der Waals surface area contributed by atoms with Crippen LogP contribution in [0.3, 0.4) is 0 Å². The monoisotopic (exact) mass is 510 g/mol. The van der Waals surface area contributed by atoms with Crippen LogP contribution in [0.25, 0.3) is 0 Å². The van der Waals surface area contributed by atoms with Crippen LogP contribution in [0.2, 0.25) is 0 Å². The highest BCUT2D eigenvalue weighted by atomic mass is 16.3. The van der Waals surface area contributed by atoms with Gasteiger partial charge in [-0.3, -0.25) is 0 Å². The molecule has 0 spiro atoms. The average Bonchev–Trinajstić information content (AvgIpc) is 3.52. The maximum Gasteiger partial charge on any atom is 0.173 e. The summed E-state index contributed by atoms with van der Waals surface area (Å²) in [4.78, 5) is 2.57. The van der Waals surface area contributed by atoms with Crippen molar-refractivity contribution in [3.05, 3.63) is 100 Å². The number of phenols is 3. The zero-order valence-electron chi connectivity index (χ0n) is 20.3. The fourth-order valence-corrected chi connectivity index (χ4v) is 3.87. The highest BCUT2D eigenvalue weighted by Gasteiger charge is 2.24. The number of nitrogens with zero attached hydrogens (tertiary/aromatic N) is 10. The Bertz CT molecular complexity index is 1540. The lowest BCUT2D eigenvalue weighted by Gasteiger charge is -2.22. The molecule has 13 nitrogen and oxygen atoms in total. The molecule has 0 saturated heterocycles. The fraction of sp³-hybridized carbons (Fsp3) is 0.120. The van der Waals surface area contributed by atoms with Crippen molar-refractivity contribution >= 4 is 12.4 Å². The van der Waals surface area contributed by atoms with Crippen LogP contribution in [0, 0.1) is 13.8 Å². The van der Waals surface area contributed by atoms with E-state index in [-0.39, 0.29) is 17.2 Å². The van der Waals surface area contributed by atoms with Crippen LogP contribution in [0.15, 0.2) is 70.9 Å². The lowest BCUT2D eigenvalue weighted by Crippen LogP contribution is -2.06. The lowest BCUT2D eigenvalue weighted by atomic mass is 9.83.